The monoisotopic (exact) mass is 275 g/mol. The molecule has 2 N–H and O–H groups in total. The number of aryl methyl sites for hydroxylation is 1. The van der Waals surface area contributed by atoms with Crippen LogP contribution in [0.15, 0.2) is 12.4 Å². The average molecular weight is 275 g/mol. The molecule has 4 saturated carbocycles. The fourth-order valence-corrected chi connectivity index (χ4v) is 5.30. The van der Waals surface area contributed by atoms with Crippen molar-refractivity contribution in [2.75, 3.05) is 6.61 Å². The number of aliphatic hydroxyl groups excluding tert-OH is 1. The van der Waals surface area contributed by atoms with Gasteiger partial charge in [0.05, 0.1) is 18.8 Å². The lowest BCUT2D eigenvalue weighted by molar-refractivity contribution is -0.0202. The molecular formula is C16H25N3O. The van der Waals surface area contributed by atoms with Gasteiger partial charge >= 0.3 is 0 Å². The van der Waals surface area contributed by atoms with Gasteiger partial charge in [0.15, 0.2) is 0 Å². The standard InChI is InChI=1S/C16H25N3O/c1-19-8-14(7-17-19)15(9-20)18-16-12-3-10-2-11(5-12)6-13(16)4-10/h7-8,10-13,15-16,18,20H,2-6,9H2,1H3. The first-order valence-electron chi connectivity index (χ1n) is 8.08. The zero-order valence-electron chi connectivity index (χ0n) is 12.2. The minimum absolute atomic E-state index is 0.0474. The van der Waals surface area contributed by atoms with Crippen molar-refractivity contribution in [3.8, 4) is 0 Å². The fraction of sp³-hybridized carbons (Fsp3) is 0.812. The van der Waals surface area contributed by atoms with Crippen LogP contribution in [0.25, 0.3) is 0 Å². The van der Waals surface area contributed by atoms with E-state index in [4.69, 9.17) is 0 Å². The zero-order chi connectivity index (χ0) is 13.7. The molecule has 0 radical (unpaired) electrons. The number of hydrogen-bond acceptors (Lipinski definition) is 3. The Morgan fingerprint density at radius 1 is 1.25 bits per heavy atom. The fourth-order valence-electron chi connectivity index (χ4n) is 5.30. The van der Waals surface area contributed by atoms with Crippen molar-refractivity contribution in [1.82, 2.24) is 15.1 Å². The maximum atomic E-state index is 9.74. The van der Waals surface area contributed by atoms with Crippen molar-refractivity contribution in [3.05, 3.63) is 18.0 Å². The van der Waals surface area contributed by atoms with E-state index in [1.807, 2.05) is 24.1 Å². The van der Waals surface area contributed by atoms with E-state index in [9.17, 15) is 5.11 Å². The first-order valence-corrected chi connectivity index (χ1v) is 8.08. The molecule has 4 fully saturated rings. The van der Waals surface area contributed by atoms with E-state index in [1.165, 1.54) is 32.1 Å². The van der Waals surface area contributed by atoms with Gasteiger partial charge in [0, 0.05) is 24.8 Å². The number of nitrogens with zero attached hydrogens (tertiary/aromatic N) is 2. The summed E-state index contributed by atoms with van der Waals surface area (Å²) in [5.74, 6) is 3.69. The second kappa shape index (κ2) is 4.85. The van der Waals surface area contributed by atoms with Gasteiger partial charge in [-0.25, -0.2) is 0 Å². The van der Waals surface area contributed by atoms with E-state index in [0.29, 0.717) is 6.04 Å². The molecule has 4 bridgehead atoms. The Bertz CT molecular complexity index is 456. The molecule has 1 unspecified atom stereocenters. The topological polar surface area (TPSA) is 50.1 Å². The predicted octanol–water partition coefficient (Wildman–Crippen LogP) is 1.87. The van der Waals surface area contributed by atoms with Gasteiger partial charge in [0.2, 0.25) is 0 Å². The minimum atomic E-state index is 0.0474. The molecule has 4 heteroatoms. The van der Waals surface area contributed by atoms with Crippen LogP contribution in [0.1, 0.15) is 43.7 Å². The molecule has 20 heavy (non-hydrogen) atoms. The summed E-state index contributed by atoms with van der Waals surface area (Å²) in [6.45, 7) is 0.161. The molecule has 0 saturated heterocycles. The number of rotatable bonds is 4. The summed E-state index contributed by atoms with van der Waals surface area (Å²) in [7, 11) is 1.93. The average Bonchev–Trinajstić information content (AvgIpc) is 2.84. The Labute approximate surface area is 120 Å². The van der Waals surface area contributed by atoms with Gasteiger partial charge < -0.3 is 10.4 Å². The van der Waals surface area contributed by atoms with E-state index in [2.05, 4.69) is 10.4 Å². The van der Waals surface area contributed by atoms with Crippen LogP contribution in [0.2, 0.25) is 0 Å². The SMILES string of the molecule is Cn1cc(C(CO)NC2C3CC4CC(C3)CC2C4)cn1. The Kier molecular flexibility index (Phi) is 3.11. The number of nitrogens with one attached hydrogen (secondary N) is 1. The van der Waals surface area contributed by atoms with E-state index < -0.39 is 0 Å². The van der Waals surface area contributed by atoms with Crippen LogP contribution < -0.4 is 5.32 Å². The largest absolute Gasteiger partial charge is 0.394 e. The molecule has 5 rings (SSSR count). The molecule has 4 nitrogen and oxygen atoms in total. The summed E-state index contributed by atoms with van der Waals surface area (Å²) in [6, 6.07) is 0.659. The second-order valence-electron chi connectivity index (χ2n) is 7.31. The molecule has 0 amide bonds. The minimum Gasteiger partial charge on any atom is -0.394 e. The zero-order valence-corrected chi connectivity index (χ0v) is 12.2. The molecule has 1 atom stereocenters. The van der Waals surface area contributed by atoms with Gasteiger partial charge in [-0.05, 0) is 55.8 Å². The Balaban J connectivity index is 1.50. The number of aliphatic hydroxyl groups is 1. The predicted molar refractivity (Wildman–Crippen MR) is 77.0 cm³/mol. The lowest BCUT2D eigenvalue weighted by Gasteiger charge is -2.55. The van der Waals surface area contributed by atoms with Crippen LogP contribution >= 0.6 is 0 Å². The van der Waals surface area contributed by atoms with Crippen LogP contribution in [0.4, 0.5) is 0 Å². The third-order valence-corrected chi connectivity index (χ3v) is 5.93. The molecular weight excluding hydrogens is 250 g/mol. The first-order chi connectivity index (χ1) is 9.72. The van der Waals surface area contributed by atoms with Crippen LogP contribution in [0.3, 0.4) is 0 Å². The summed E-state index contributed by atoms with van der Waals surface area (Å²) < 4.78 is 1.82. The number of aromatic nitrogens is 2. The van der Waals surface area contributed by atoms with Crippen molar-refractivity contribution < 1.29 is 5.11 Å². The molecule has 0 aromatic carbocycles. The Morgan fingerprint density at radius 3 is 2.40 bits per heavy atom. The maximum absolute atomic E-state index is 9.74. The first kappa shape index (κ1) is 12.8. The van der Waals surface area contributed by atoms with E-state index >= 15 is 0 Å². The Hall–Kier alpha value is -0.870. The summed E-state index contributed by atoms with van der Waals surface area (Å²) in [5.41, 5.74) is 1.11. The van der Waals surface area contributed by atoms with Crippen molar-refractivity contribution in [1.29, 1.82) is 0 Å². The van der Waals surface area contributed by atoms with Crippen LogP contribution in [-0.4, -0.2) is 27.5 Å². The van der Waals surface area contributed by atoms with Gasteiger partial charge in [-0.15, -0.1) is 0 Å². The van der Waals surface area contributed by atoms with E-state index in [-0.39, 0.29) is 12.6 Å². The second-order valence-corrected chi connectivity index (χ2v) is 7.31. The van der Waals surface area contributed by atoms with Crippen molar-refractivity contribution in [3.63, 3.8) is 0 Å². The normalized spacial score (nSPS) is 40.2. The molecule has 4 aliphatic rings. The van der Waals surface area contributed by atoms with Gasteiger partial charge in [0.1, 0.15) is 0 Å². The van der Waals surface area contributed by atoms with Gasteiger partial charge in [-0.1, -0.05) is 0 Å². The van der Waals surface area contributed by atoms with Gasteiger partial charge in [-0.3, -0.25) is 4.68 Å². The van der Waals surface area contributed by atoms with Crippen molar-refractivity contribution in [2.45, 2.75) is 44.2 Å². The highest BCUT2D eigenvalue weighted by Gasteiger charge is 2.48. The highest BCUT2D eigenvalue weighted by atomic mass is 16.3. The highest BCUT2D eigenvalue weighted by Crippen LogP contribution is 2.54. The number of hydrogen-bond donors (Lipinski definition) is 2. The van der Waals surface area contributed by atoms with Gasteiger partial charge in [-0.2, -0.15) is 5.10 Å². The molecule has 1 heterocycles. The summed E-state index contributed by atoms with van der Waals surface area (Å²) >= 11 is 0. The smallest absolute Gasteiger partial charge is 0.0627 e. The molecule has 0 spiro atoms. The van der Waals surface area contributed by atoms with Gasteiger partial charge in [0.25, 0.3) is 0 Å². The third-order valence-electron chi connectivity index (χ3n) is 5.93. The highest BCUT2D eigenvalue weighted by molar-refractivity contribution is 5.12. The summed E-state index contributed by atoms with van der Waals surface area (Å²) in [6.07, 6.45) is 11.0. The third kappa shape index (κ3) is 2.09. The maximum Gasteiger partial charge on any atom is 0.0627 e. The molecule has 1 aromatic heterocycles. The lowest BCUT2D eigenvalue weighted by atomic mass is 9.54. The quantitative estimate of drug-likeness (QED) is 0.882. The Morgan fingerprint density at radius 2 is 1.90 bits per heavy atom. The van der Waals surface area contributed by atoms with Crippen molar-refractivity contribution >= 4 is 0 Å². The molecule has 0 aliphatic heterocycles. The van der Waals surface area contributed by atoms with Crippen molar-refractivity contribution in [2.24, 2.45) is 30.7 Å². The molecule has 110 valence electrons. The summed E-state index contributed by atoms with van der Waals surface area (Å²) in [4.78, 5) is 0. The lowest BCUT2D eigenvalue weighted by Crippen LogP contribution is -2.55. The molecule has 1 aromatic rings. The van der Waals surface area contributed by atoms with Crippen LogP contribution in [0, 0.1) is 23.7 Å². The molecule has 4 aliphatic carbocycles. The van der Waals surface area contributed by atoms with Crippen LogP contribution in [0.5, 0.6) is 0 Å². The summed E-state index contributed by atoms with van der Waals surface area (Å²) in [5, 5.41) is 17.8. The van der Waals surface area contributed by atoms with Crippen LogP contribution in [-0.2, 0) is 7.05 Å². The van der Waals surface area contributed by atoms with E-state index in [0.717, 1.165) is 29.2 Å². The van der Waals surface area contributed by atoms with E-state index in [1.54, 1.807) is 0 Å².